The Morgan fingerprint density at radius 3 is 2.85 bits per heavy atom. The molecule has 6 heteroatoms. The van der Waals surface area contributed by atoms with Crippen LogP contribution >= 0.6 is 0 Å². The Kier molecular flexibility index (Phi) is 1.89. The Morgan fingerprint density at radius 1 is 1.62 bits per heavy atom. The fourth-order valence-electron chi connectivity index (χ4n) is 1.25. The molecule has 1 aliphatic rings. The normalized spacial score (nSPS) is 21.0. The zero-order valence-corrected chi connectivity index (χ0v) is 8.02. The molecule has 0 amide bonds. The molecule has 0 radical (unpaired) electrons. The molecule has 0 saturated carbocycles. The number of aryl methyl sites for hydroxylation is 1. The van der Waals surface area contributed by atoms with Crippen LogP contribution in [0.25, 0.3) is 0 Å². The summed E-state index contributed by atoms with van der Waals surface area (Å²) in [7, 11) is 1.41. The van der Waals surface area contributed by atoms with Crippen LogP contribution in [0.1, 0.15) is 13.8 Å². The van der Waals surface area contributed by atoms with Crippen molar-refractivity contribution in [1.82, 2.24) is 15.0 Å². The second-order valence-corrected chi connectivity index (χ2v) is 3.78. The second-order valence-electron chi connectivity index (χ2n) is 3.78. The Labute approximate surface area is 77.2 Å². The minimum atomic E-state index is -0.358. The molecule has 70 valence electrons. The third kappa shape index (κ3) is 1.73. The maximum Gasteiger partial charge on any atom is 0.517 e. The Morgan fingerprint density at radius 2 is 2.38 bits per heavy atom. The predicted octanol–water partition coefficient (Wildman–Crippen LogP) is -0.664. The largest absolute Gasteiger partial charge is 0.517 e. The molecule has 5 nitrogen and oxygen atoms in total. The zero-order chi connectivity index (χ0) is 9.47. The van der Waals surface area contributed by atoms with Crippen molar-refractivity contribution < 1.29 is 9.31 Å². The predicted molar refractivity (Wildman–Crippen MR) is 47.5 cm³/mol. The van der Waals surface area contributed by atoms with Crippen LogP contribution in [0.4, 0.5) is 0 Å². The first-order valence-corrected chi connectivity index (χ1v) is 4.22. The monoisotopic (exact) mass is 181 g/mol. The molecule has 0 aromatic carbocycles. The average Bonchev–Trinajstić information content (AvgIpc) is 2.56. The van der Waals surface area contributed by atoms with Gasteiger partial charge in [-0.2, -0.15) is 15.0 Å². The molecule has 0 unspecified atom stereocenters. The maximum atomic E-state index is 5.61. The van der Waals surface area contributed by atoms with Gasteiger partial charge in [0.1, 0.15) is 5.59 Å². The van der Waals surface area contributed by atoms with Crippen molar-refractivity contribution in [3.8, 4) is 0 Å². The summed E-state index contributed by atoms with van der Waals surface area (Å²) >= 11 is 0. The van der Waals surface area contributed by atoms with Crippen LogP contribution < -0.4 is 5.59 Å². The molecule has 13 heavy (non-hydrogen) atoms. The highest BCUT2D eigenvalue weighted by Crippen LogP contribution is 2.18. The summed E-state index contributed by atoms with van der Waals surface area (Å²) in [5, 5.41) is 8.07. The summed E-state index contributed by atoms with van der Waals surface area (Å²) in [6.45, 7) is 4.57. The lowest BCUT2D eigenvalue weighted by molar-refractivity contribution is 0.137. The molecule has 1 aromatic heterocycles. The first kappa shape index (κ1) is 8.71. The van der Waals surface area contributed by atoms with Gasteiger partial charge in [-0.25, -0.2) is 0 Å². The summed E-state index contributed by atoms with van der Waals surface area (Å²) in [6.07, 6.45) is 1.66. The van der Waals surface area contributed by atoms with Crippen molar-refractivity contribution >= 4 is 12.7 Å². The van der Waals surface area contributed by atoms with Crippen molar-refractivity contribution in [2.75, 3.05) is 6.61 Å². The van der Waals surface area contributed by atoms with Crippen LogP contribution in [0.2, 0.25) is 0 Å². The first-order valence-electron chi connectivity index (χ1n) is 4.22. The fraction of sp³-hybridized carbons (Fsp3) is 0.714. The van der Waals surface area contributed by atoms with Crippen molar-refractivity contribution in [3.63, 3.8) is 0 Å². The summed E-state index contributed by atoms with van der Waals surface area (Å²) in [5.74, 6) is 0. The van der Waals surface area contributed by atoms with Gasteiger partial charge in [-0.15, -0.1) is 0 Å². The maximum absolute atomic E-state index is 5.61. The van der Waals surface area contributed by atoms with Crippen LogP contribution in [0.3, 0.4) is 0 Å². The molecule has 0 atom stereocenters. The van der Waals surface area contributed by atoms with E-state index in [1.807, 2.05) is 13.8 Å². The van der Waals surface area contributed by atoms with Crippen molar-refractivity contribution in [3.05, 3.63) is 6.20 Å². The highest BCUT2D eigenvalue weighted by atomic mass is 16.7. The first-order chi connectivity index (χ1) is 6.07. The molecular formula is C7H12BN3O2. The fourth-order valence-corrected chi connectivity index (χ4v) is 1.25. The smallest absolute Gasteiger partial charge is 0.403 e. The van der Waals surface area contributed by atoms with Gasteiger partial charge < -0.3 is 9.31 Å². The molecule has 1 aliphatic heterocycles. The second kappa shape index (κ2) is 2.82. The van der Waals surface area contributed by atoms with Gasteiger partial charge in [0.15, 0.2) is 0 Å². The molecule has 1 aromatic rings. The molecular weight excluding hydrogens is 169 g/mol. The molecule has 0 aliphatic carbocycles. The summed E-state index contributed by atoms with van der Waals surface area (Å²) in [5.41, 5.74) is 0.510. The van der Waals surface area contributed by atoms with E-state index in [1.165, 1.54) is 4.80 Å². The van der Waals surface area contributed by atoms with Gasteiger partial charge in [-0.1, -0.05) is 0 Å². The summed E-state index contributed by atoms with van der Waals surface area (Å²) < 4.78 is 11.0. The van der Waals surface area contributed by atoms with E-state index in [0.29, 0.717) is 6.61 Å². The van der Waals surface area contributed by atoms with Gasteiger partial charge in [0.2, 0.25) is 0 Å². The number of hydrogen-bond acceptors (Lipinski definition) is 4. The van der Waals surface area contributed by atoms with E-state index in [1.54, 1.807) is 13.2 Å². The molecule has 2 heterocycles. The number of hydrogen-bond donors (Lipinski definition) is 0. The van der Waals surface area contributed by atoms with E-state index in [4.69, 9.17) is 9.31 Å². The Hall–Kier alpha value is -0.875. The lowest BCUT2D eigenvalue weighted by Gasteiger charge is -2.14. The lowest BCUT2D eigenvalue weighted by Crippen LogP contribution is -2.35. The van der Waals surface area contributed by atoms with Gasteiger partial charge in [0.05, 0.1) is 18.4 Å². The van der Waals surface area contributed by atoms with E-state index in [9.17, 15) is 0 Å². The number of aromatic nitrogens is 3. The highest BCUT2D eigenvalue weighted by molar-refractivity contribution is 6.60. The zero-order valence-electron chi connectivity index (χ0n) is 8.02. The van der Waals surface area contributed by atoms with Crippen molar-refractivity contribution in [2.24, 2.45) is 7.05 Å². The van der Waals surface area contributed by atoms with Crippen LogP contribution in [0, 0.1) is 0 Å². The Bertz CT molecular complexity index is 312. The summed E-state index contributed by atoms with van der Waals surface area (Å²) in [4.78, 5) is 1.49. The van der Waals surface area contributed by atoms with Crippen LogP contribution in [0.15, 0.2) is 6.20 Å². The molecule has 1 saturated heterocycles. The standard InChI is InChI=1S/C7H12BN3O2/c1-7(2)5-12-8(13-7)6-4-9-11(3)10-6/h4H,5H2,1-3H3. The van der Waals surface area contributed by atoms with E-state index >= 15 is 0 Å². The quantitative estimate of drug-likeness (QED) is 0.539. The highest BCUT2D eigenvalue weighted by Gasteiger charge is 2.39. The summed E-state index contributed by atoms with van der Waals surface area (Å²) in [6, 6.07) is 0. The van der Waals surface area contributed by atoms with Gasteiger partial charge in [0, 0.05) is 7.05 Å². The van der Waals surface area contributed by atoms with Crippen molar-refractivity contribution in [2.45, 2.75) is 19.4 Å². The third-order valence-electron chi connectivity index (χ3n) is 1.87. The number of nitrogens with zero attached hydrogens (tertiary/aromatic N) is 3. The average molecular weight is 181 g/mol. The number of rotatable bonds is 1. The molecule has 0 spiro atoms. The van der Waals surface area contributed by atoms with E-state index < -0.39 is 0 Å². The van der Waals surface area contributed by atoms with E-state index in [2.05, 4.69) is 10.2 Å². The van der Waals surface area contributed by atoms with E-state index in [0.717, 1.165) is 5.59 Å². The van der Waals surface area contributed by atoms with E-state index in [-0.39, 0.29) is 12.7 Å². The molecule has 2 rings (SSSR count). The van der Waals surface area contributed by atoms with Gasteiger partial charge >= 0.3 is 7.12 Å². The molecule has 0 N–H and O–H groups in total. The van der Waals surface area contributed by atoms with Gasteiger partial charge in [0.25, 0.3) is 0 Å². The van der Waals surface area contributed by atoms with Gasteiger partial charge in [-0.3, -0.25) is 0 Å². The van der Waals surface area contributed by atoms with Crippen molar-refractivity contribution in [1.29, 1.82) is 0 Å². The molecule has 1 fully saturated rings. The lowest BCUT2D eigenvalue weighted by atomic mass is 9.86. The third-order valence-corrected chi connectivity index (χ3v) is 1.87. The van der Waals surface area contributed by atoms with Crippen LogP contribution in [0.5, 0.6) is 0 Å². The Balaban J connectivity index is 2.12. The van der Waals surface area contributed by atoms with Crippen LogP contribution in [-0.2, 0) is 16.4 Å². The minimum absolute atomic E-state index is 0.220. The van der Waals surface area contributed by atoms with Gasteiger partial charge in [-0.05, 0) is 13.8 Å². The minimum Gasteiger partial charge on any atom is -0.403 e. The van der Waals surface area contributed by atoms with Crippen LogP contribution in [-0.4, -0.2) is 34.3 Å². The SMILES string of the molecule is Cn1ncc(B2OCC(C)(C)O2)n1. The topological polar surface area (TPSA) is 49.2 Å². The molecule has 0 bridgehead atoms.